The molecule has 2 aromatic heterocycles. The van der Waals surface area contributed by atoms with Crippen LogP contribution in [0.4, 0.5) is 17.6 Å². The second kappa shape index (κ2) is 9.07. The maximum Gasteiger partial charge on any atom is 0.417 e. The standard InChI is InChI=1S/C24H19ClF4N4O2/c25-16-10-14(24(27,28)29)11-32-22(16)35-19-9-13-5-6-18(19)33(12-13)23(34)20-15(3-1-4-17(20)26)21-30-7-2-8-31-21/h1-4,7-8,10-11,13,18-19H,5-6,9,12H2/t13-,18+,19-/m1/s1. The lowest BCUT2D eigenvalue weighted by atomic mass is 9.77. The second-order valence-electron chi connectivity index (χ2n) is 8.60. The minimum absolute atomic E-state index is 0.0883. The van der Waals surface area contributed by atoms with Crippen LogP contribution in [0, 0.1) is 11.7 Å². The Labute approximate surface area is 202 Å². The maximum absolute atomic E-state index is 15.0. The topological polar surface area (TPSA) is 68.2 Å². The van der Waals surface area contributed by atoms with Crippen molar-refractivity contribution >= 4 is 17.5 Å². The Balaban J connectivity index is 1.43. The molecule has 1 amide bonds. The van der Waals surface area contributed by atoms with Gasteiger partial charge < -0.3 is 9.64 Å². The van der Waals surface area contributed by atoms with E-state index in [4.69, 9.17) is 16.3 Å². The van der Waals surface area contributed by atoms with E-state index in [2.05, 4.69) is 15.0 Å². The van der Waals surface area contributed by atoms with Gasteiger partial charge in [-0.1, -0.05) is 23.7 Å². The second-order valence-corrected chi connectivity index (χ2v) is 9.01. The highest BCUT2D eigenvalue weighted by molar-refractivity contribution is 6.31. The lowest BCUT2D eigenvalue weighted by Gasteiger charge is -2.49. The van der Waals surface area contributed by atoms with Crippen LogP contribution in [0.25, 0.3) is 11.4 Å². The van der Waals surface area contributed by atoms with Crippen molar-refractivity contribution in [3.8, 4) is 17.3 Å². The summed E-state index contributed by atoms with van der Waals surface area (Å²) in [6.07, 6.45) is 0.596. The molecule has 4 heterocycles. The van der Waals surface area contributed by atoms with Gasteiger partial charge in [0.1, 0.15) is 16.9 Å². The van der Waals surface area contributed by atoms with Crippen molar-refractivity contribution in [2.24, 2.45) is 5.92 Å². The molecular formula is C24H19ClF4N4O2. The van der Waals surface area contributed by atoms with E-state index in [1.165, 1.54) is 24.5 Å². The number of halogens is 5. The van der Waals surface area contributed by atoms with Gasteiger partial charge in [0.15, 0.2) is 5.82 Å². The molecule has 3 atom stereocenters. The van der Waals surface area contributed by atoms with Crippen molar-refractivity contribution in [2.75, 3.05) is 6.54 Å². The van der Waals surface area contributed by atoms with Crippen molar-refractivity contribution in [2.45, 2.75) is 37.6 Å². The van der Waals surface area contributed by atoms with E-state index in [9.17, 15) is 22.4 Å². The summed E-state index contributed by atoms with van der Waals surface area (Å²) in [4.78, 5) is 27.3. The normalized spacial score (nSPS) is 21.7. The molecule has 0 unspecified atom stereocenters. The third-order valence-corrected chi connectivity index (χ3v) is 6.68. The van der Waals surface area contributed by atoms with Gasteiger partial charge in [-0.2, -0.15) is 13.2 Å². The maximum atomic E-state index is 15.0. The average Bonchev–Trinajstić information content (AvgIpc) is 2.85. The smallest absolute Gasteiger partial charge is 0.417 e. The number of aromatic nitrogens is 3. The van der Waals surface area contributed by atoms with Gasteiger partial charge in [-0.05, 0) is 43.4 Å². The molecule has 0 N–H and O–H groups in total. The minimum Gasteiger partial charge on any atom is -0.471 e. The number of alkyl halides is 3. The Morgan fingerprint density at radius 2 is 1.89 bits per heavy atom. The monoisotopic (exact) mass is 506 g/mol. The molecule has 11 heteroatoms. The Morgan fingerprint density at radius 3 is 2.57 bits per heavy atom. The zero-order valence-electron chi connectivity index (χ0n) is 18.2. The molecule has 1 aromatic carbocycles. The zero-order chi connectivity index (χ0) is 24.7. The van der Waals surface area contributed by atoms with Crippen molar-refractivity contribution in [1.82, 2.24) is 19.9 Å². The SMILES string of the molecule is O=C(c1c(F)cccc1-c1ncccn1)N1C[C@@H]2CC[C@H]1[C@H](Oc1ncc(C(F)(F)F)cc1Cl)C2. The number of rotatable bonds is 4. The minimum atomic E-state index is -4.58. The van der Waals surface area contributed by atoms with E-state index in [1.54, 1.807) is 17.0 Å². The van der Waals surface area contributed by atoms with Gasteiger partial charge in [0.2, 0.25) is 5.88 Å². The Hall–Kier alpha value is -3.27. The Morgan fingerprint density at radius 1 is 1.11 bits per heavy atom. The van der Waals surface area contributed by atoms with Crippen LogP contribution in [0.1, 0.15) is 35.2 Å². The first-order chi connectivity index (χ1) is 16.7. The molecule has 3 aromatic rings. The summed E-state index contributed by atoms with van der Waals surface area (Å²) in [7, 11) is 0. The van der Waals surface area contributed by atoms with Crippen LogP contribution < -0.4 is 4.74 Å². The predicted octanol–water partition coefficient (Wildman–Crippen LogP) is 5.42. The molecule has 3 aliphatic rings. The van der Waals surface area contributed by atoms with Crippen molar-refractivity contribution in [3.05, 3.63) is 70.9 Å². The Kier molecular flexibility index (Phi) is 6.08. The molecule has 3 fully saturated rings. The van der Waals surface area contributed by atoms with Gasteiger partial charge in [-0.3, -0.25) is 4.79 Å². The molecule has 6 nitrogen and oxygen atoms in total. The van der Waals surface area contributed by atoms with E-state index in [-0.39, 0.29) is 33.8 Å². The number of amides is 1. The van der Waals surface area contributed by atoms with Crippen LogP contribution in [-0.2, 0) is 6.18 Å². The lowest BCUT2D eigenvalue weighted by Crippen LogP contribution is -2.59. The molecule has 2 saturated heterocycles. The molecule has 1 aliphatic carbocycles. The summed E-state index contributed by atoms with van der Waals surface area (Å²) in [5, 5.41) is -0.267. The van der Waals surface area contributed by atoms with E-state index in [1.807, 2.05) is 0 Å². The number of piperidine rings is 2. The first kappa shape index (κ1) is 23.5. The van der Waals surface area contributed by atoms with Crippen LogP contribution >= 0.6 is 11.6 Å². The number of fused-ring (bicyclic) bond motifs is 3. The van der Waals surface area contributed by atoms with Crippen molar-refractivity contribution in [1.29, 1.82) is 0 Å². The van der Waals surface area contributed by atoms with E-state index in [0.29, 0.717) is 25.6 Å². The number of benzene rings is 1. The highest BCUT2D eigenvalue weighted by Crippen LogP contribution is 2.40. The van der Waals surface area contributed by atoms with Gasteiger partial charge in [0.05, 0.1) is 17.2 Å². The van der Waals surface area contributed by atoms with Gasteiger partial charge in [-0.15, -0.1) is 0 Å². The first-order valence-corrected chi connectivity index (χ1v) is 11.4. The summed E-state index contributed by atoms with van der Waals surface area (Å²) in [5.74, 6) is -1.02. The van der Waals surface area contributed by atoms with Gasteiger partial charge in [0.25, 0.3) is 5.91 Å². The zero-order valence-corrected chi connectivity index (χ0v) is 18.9. The highest BCUT2D eigenvalue weighted by atomic mass is 35.5. The fourth-order valence-electron chi connectivity index (χ4n) is 4.81. The lowest BCUT2D eigenvalue weighted by molar-refractivity contribution is -0.137. The molecule has 2 bridgehead atoms. The molecule has 2 aliphatic heterocycles. The third kappa shape index (κ3) is 4.54. The van der Waals surface area contributed by atoms with Gasteiger partial charge >= 0.3 is 6.18 Å². The van der Waals surface area contributed by atoms with Crippen LogP contribution in [0.3, 0.4) is 0 Å². The van der Waals surface area contributed by atoms with E-state index >= 15 is 0 Å². The number of hydrogen-bond donors (Lipinski definition) is 0. The predicted molar refractivity (Wildman–Crippen MR) is 118 cm³/mol. The van der Waals surface area contributed by atoms with Crippen LogP contribution in [0.5, 0.6) is 5.88 Å². The molecular weight excluding hydrogens is 488 g/mol. The molecule has 1 saturated carbocycles. The highest BCUT2D eigenvalue weighted by Gasteiger charge is 2.45. The Bertz CT molecular complexity index is 1260. The van der Waals surface area contributed by atoms with Gasteiger partial charge in [0, 0.05) is 30.7 Å². The summed E-state index contributed by atoms with van der Waals surface area (Å²) in [6.45, 7) is 0.418. The summed E-state index contributed by atoms with van der Waals surface area (Å²) in [6, 6.07) is 6.26. The molecule has 0 radical (unpaired) electrons. The number of carbonyl (C=O) groups is 1. The van der Waals surface area contributed by atoms with E-state index in [0.717, 1.165) is 12.5 Å². The van der Waals surface area contributed by atoms with E-state index < -0.39 is 35.6 Å². The fraction of sp³-hybridized carbons (Fsp3) is 0.333. The summed E-state index contributed by atoms with van der Waals surface area (Å²) < 4.78 is 59.7. The largest absolute Gasteiger partial charge is 0.471 e. The number of hydrogen-bond acceptors (Lipinski definition) is 5. The summed E-state index contributed by atoms with van der Waals surface area (Å²) >= 11 is 6.03. The molecule has 35 heavy (non-hydrogen) atoms. The molecule has 182 valence electrons. The number of pyridine rings is 1. The van der Waals surface area contributed by atoms with Crippen molar-refractivity contribution < 1.29 is 27.1 Å². The van der Waals surface area contributed by atoms with Gasteiger partial charge in [-0.25, -0.2) is 19.3 Å². The quantitative estimate of drug-likeness (QED) is 0.442. The number of nitrogens with zero attached hydrogens (tertiary/aromatic N) is 4. The number of ether oxygens (including phenoxy) is 1. The molecule has 0 spiro atoms. The van der Waals surface area contributed by atoms with Crippen LogP contribution in [-0.4, -0.2) is 44.4 Å². The summed E-state index contributed by atoms with van der Waals surface area (Å²) in [5.41, 5.74) is -0.829. The third-order valence-electron chi connectivity index (χ3n) is 6.41. The van der Waals surface area contributed by atoms with Crippen molar-refractivity contribution in [3.63, 3.8) is 0 Å². The van der Waals surface area contributed by atoms with Crippen LogP contribution in [0.15, 0.2) is 48.9 Å². The van der Waals surface area contributed by atoms with Crippen LogP contribution in [0.2, 0.25) is 5.02 Å². The fourth-order valence-corrected chi connectivity index (χ4v) is 5.02. The first-order valence-electron chi connectivity index (χ1n) is 11.0. The molecule has 6 rings (SSSR count). The average molecular weight is 507 g/mol. The number of carbonyl (C=O) groups excluding carboxylic acids is 1.